The third-order valence-corrected chi connectivity index (χ3v) is 5.06. The number of carbonyl (C=O) groups excluding carboxylic acids is 3. The molecular weight excluding hydrogens is 378 g/mol. The number of benzene rings is 2. The van der Waals surface area contributed by atoms with Crippen molar-refractivity contribution in [1.29, 1.82) is 0 Å². The van der Waals surface area contributed by atoms with Gasteiger partial charge in [0.05, 0.1) is 13.0 Å². The zero-order chi connectivity index (χ0) is 20.5. The highest BCUT2D eigenvalue weighted by atomic mass is 32.2. The minimum Gasteiger partial charge on any atom is -0.508 e. The molecule has 0 aliphatic heterocycles. The van der Waals surface area contributed by atoms with Crippen LogP contribution in [-0.2, 0) is 25.5 Å². The summed E-state index contributed by atoms with van der Waals surface area (Å²) in [5, 5.41) is 9.70. The van der Waals surface area contributed by atoms with Crippen LogP contribution in [0.4, 0.5) is 5.69 Å². The molecule has 28 heavy (non-hydrogen) atoms. The van der Waals surface area contributed by atoms with Crippen LogP contribution in [0.5, 0.6) is 5.75 Å². The molecule has 0 saturated carbocycles. The fourth-order valence-corrected chi connectivity index (χ4v) is 3.40. The molecule has 1 amide bonds. The Labute approximate surface area is 168 Å². The normalized spacial score (nSPS) is 11.5. The van der Waals surface area contributed by atoms with E-state index in [4.69, 9.17) is 4.74 Å². The SMILES string of the molecule is COC(=O)CN(C(=O)C(CSC(C)=O)Cc1ccccc1)c1cccc(O)c1. The molecule has 0 saturated heterocycles. The predicted octanol–water partition coefficient (Wildman–Crippen LogP) is 3.04. The Bertz CT molecular complexity index is 825. The van der Waals surface area contributed by atoms with Crippen LogP contribution in [-0.4, -0.2) is 41.5 Å². The first kappa shape index (κ1) is 21.5. The van der Waals surface area contributed by atoms with E-state index in [9.17, 15) is 19.5 Å². The second-order valence-corrected chi connectivity index (χ2v) is 7.41. The van der Waals surface area contributed by atoms with E-state index < -0.39 is 11.9 Å². The first-order valence-electron chi connectivity index (χ1n) is 8.75. The number of rotatable bonds is 8. The van der Waals surface area contributed by atoms with Gasteiger partial charge in [-0.05, 0) is 24.1 Å². The lowest BCUT2D eigenvalue weighted by atomic mass is 9.99. The molecule has 2 rings (SSSR count). The van der Waals surface area contributed by atoms with E-state index in [1.165, 1.54) is 31.1 Å². The van der Waals surface area contributed by atoms with Crippen LogP contribution >= 0.6 is 11.8 Å². The van der Waals surface area contributed by atoms with Gasteiger partial charge < -0.3 is 14.7 Å². The van der Waals surface area contributed by atoms with Crippen molar-refractivity contribution < 1.29 is 24.2 Å². The van der Waals surface area contributed by atoms with Gasteiger partial charge in [-0.25, -0.2) is 0 Å². The molecule has 0 aliphatic carbocycles. The second kappa shape index (κ2) is 10.5. The van der Waals surface area contributed by atoms with Crippen molar-refractivity contribution in [1.82, 2.24) is 0 Å². The molecule has 0 aromatic heterocycles. The van der Waals surface area contributed by atoms with Gasteiger partial charge in [-0.2, -0.15) is 0 Å². The molecule has 0 aliphatic rings. The van der Waals surface area contributed by atoms with E-state index in [2.05, 4.69) is 0 Å². The number of hydrogen-bond acceptors (Lipinski definition) is 6. The number of amides is 1. The number of ether oxygens (including phenoxy) is 1. The maximum absolute atomic E-state index is 13.3. The second-order valence-electron chi connectivity index (χ2n) is 6.21. The van der Waals surface area contributed by atoms with E-state index in [1.54, 1.807) is 12.1 Å². The quantitative estimate of drug-likeness (QED) is 0.685. The number of anilines is 1. The van der Waals surface area contributed by atoms with Gasteiger partial charge in [0.25, 0.3) is 0 Å². The average molecular weight is 401 g/mol. The highest BCUT2D eigenvalue weighted by Gasteiger charge is 2.28. The topological polar surface area (TPSA) is 83.9 Å². The molecule has 0 bridgehead atoms. The Kier molecular flexibility index (Phi) is 8.07. The van der Waals surface area contributed by atoms with Crippen LogP contribution in [0.2, 0.25) is 0 Å². The Balaban J connectivity index is 2.33. The van der Waals surface area contributed by atoms with E-state index >= 15 is 0 Å². The minimum atomic E-state index is -0.575. The van der Waals surface area contributed by atoms with Crippen molar-refractivity contribution in [2.24, 2.45) is 5.92 Å². The number of phenols is 1. The van der Waals surface area contributed by atoms with Crippen molar-refractivity contribution >= 4 is 34.4 Å². The third kappa shape index (κ3) is 6.42. The van der Waals surface area contributed by atoms with Crippen molar-refractivity contribution in [2.75, 3.05) is 24.3 Å². The molecule has 2 aromatic rings. The van der Waals surface area contributed by atoms with E-state index in [0.29, 0.717) is 17.9 Å². The molecule has 1 atom stereocenters. The summed E-state index contributed by atoms with van der Waals surface area (Å²) in [6.45, 7) is 1.17. The minimum absolute atomic E-state index is 0.0158. The fraction of sp³-hybridized carbons (Fsp3) is 0.286. The zero-order valence-electron chi connectivity index (χ0n) is 15.8. The maximum Gasteiger partial charge on any atom is 0.325 e. The van der Waals surface area contributed by atoms with Gasteiger partial charge in [-0.15, -0.1) is 0 Å². The summed E-state index contributed by atoms with van der Waals surface area (Å²) in [6, 6.07) is 15.6. The number of nitrogens with zero attached hydrogens (tertiary/aromatic N) is 1. The Morgan fingerprint density at radius 2 is 1.82 bits per heavy atom. The molecule has 0 spiro atoms. The molecule has 148 valence electrons. The number of aromatic hydroxyl groups is 1. The lowest BCUT2D eigenvalue weighted by Crippen LogP contribution is -2.41. The Hall–Kier alpha value is -2.80. The van der Waals surface area contributed by atoms with Gasteiger partial charge in [0, 0.05) is 24.4 Å². The largest absolute Gasteiger partial charge is 0.508 e. The predicted molar refractivity (Wildman–Crippen MR) is 109 cm³/mol. The summed E-state index contributed by atoms with van der Waals surface area (Å²) >= 11 is 1.08. The highest BCUT2D eigenvalue weighted by molar-refractivity contribution is 8.13. The number of carbonyl (C=O) groups is 3. The molecule has 0 radical (unpaired) electrons. The molecule has 0 heterocycles. The first-order valence-corrected chi connectivity index (χ1v) is 9.73. The molecule has 7 heteroatoms. The number of esters is 1. The number of methoxy groups -OCH3 is 1. The zero-order valence-corrected chi connectivity index (χ0v) is 16.6. The molecule has 6 nitrogen and oxygen atoms in total. The van der Waals surface area contributed by atoms with Crippen LogP contribution < -0.4 is 4.90 Å². The first-order chi connectivity index (χ1) is 13.4. The van der Waals surface area contributed by atoms with Gasteiger partial charge in [-0.1, -0.05) is 48.2 Å². The smallest absolute Gasteiger partial charge is 0.325 e. The standard InChI is InChI=1S/C21H23NO5S/c1-15(23)28-14-17(11-16-7-4-3-5-8-16)21(26)22(13-20(25)27-2)18-9-6-10-19(24)12-18/h3-10,12,17,24H,11,13-14H2,1-2H3. The highest BCUT2D eigenvalue weighted by Crippen LogP contribution is 2.25. The Morgan fingerprint density at radius 3 is 2.43 bits per heavy atom. The van der Waals surface area contributed by atoms with Gasteiger partial charge in [-0.3, -0.25) is 14.4 Å². The number of phenolic OH excluding ortho intramolecular Hbond substituents is 1. The van der Waals surface area contributed by atoms with Gasteiger partial charge in [0.1, 0.15) is 12.3 Å². The van der Waals surface area contributed by atoms with Crippen LogP contribution in [0.25, 0.3) is 0 Å². The summed E-state index contributed by atoms with van der Waals surface area (Å²) in [5.41, 5.74) is 1.35. The van der Waals surface area contributed by atoms with Gasteiger partial charge in [0.15, 0.2) is 5.12 Å². The van der Waals surface area contributed by atoms with Crippen molar-refractivity contribution in [3.05, 3.63) is 60.2 Å². The summed E-state index contributed by atoms with van der Waals surface area (Å²) in [7, 11) is 1.25. The number of hydrogen-bond donors (Lipinski definition) is 1. The average Bonchev–Trinajstić information content (AvgIpc) is 2.69. The van der Waals surface area contributed by atoms with Gasteiger partial charge >= 0.3 is 5.97 Å². The molecule has 1 N–H and O–H groups in total. The van der Waals surface area contributed by atoms with Crippen LogP contribution in [0.3, 0.4) is 0 Å². The van der Waals surface area contributed by atoms with Crippen LogP contribution in [0.15, 0.2) is 54.6 Å². The summed E-state index contributed by atoms with van der Waals surface area (Å²) < 4.78 is 4.72. The third-order valence-electron chi connectivity index (χ3n) is 4.08. The van der Waals surface area contributed by atoms with Gasteiger partial charge in [0.2, 0.25) is 5.91 Å². The van der Waals surface area contributed by atoms with Crippen LogP contribution in [0, 0.1) is 5.92 Å². The van der Waals surface area contributed by atoms with Crippen molar-refractivity contribution in [2.45, 2.75) is 13.3 Å². The summed E-state index contributed by atoms with van der Waals surface area (Å²) in [4.78, 5) is 38.0. The van der Waals surface area contributed by atoms with Crippen LogP contribution in [0.1, 0.15) is 12.5 Å². The van der Waals surface area contributed by atoms with E-state index in [-0.39, 0.29) is 23.3 Å². The maximum atomic E-state index is 13.3. The fourth-order valence-electron chi connectivity index (χ4n) is 2.71. The molecule has 1 unspecified atom stereocenters. The molecule has 2 aromatic carbocycles. The van der Waals surface area contributed by atoms with Crippen molar-refractivity contribution in [3.8, 4) is 5.75 Å². The number of thioether (sulfide) groups is 1. The summed E-state index contributed by atoms with van der Waals surface area (Å²) in [5.74, 6) is -1.14. The molecular formula is C21H23NO5S. The monoisotopic (exact) mass is 401 g/mol. The van der Waals surface area contributed by atoms with Crippen molar-refractivity contribution in [3.63, 3.8) is 0 Å². The Morgan fingerprint density at radius 1 is 1.11 bits per heavy atom. The lowest BCUT2D eigenvalue weighted by Gasteiger charge is -2.26. The molecule has 0 fully saturated rings. The lowest BCUT2D eigenvalue weighted by molar-refractivity contribution is -0.140. The van der Waals surface area contributed by atoms with E-state index in [0.717, 1.165) is 17.3 Å². The van der Waals surface area contributed by atoms with E-state index in [1.807, 2.05) is 30.3 Å². The summed E-state index contributed by atoms with van der Waals surface area (Å²) in [6.07, 6.45) is 0.427.